The van der Waals surface area contributed by atoms with Crippen LogP contribution in [0.3, 0.4) is 0 Å². The van der Waals surface area contributed by atoms with Gasteiger partial charge in [-0.2, -0.15) is 15.0 Å². The van der Waals surface area contributed by atoms with Crippen molar-refractivity contribution in [2.75, 3.05) is 48.5 Å². The summed E-state index contributed by atoms with van der Waals surface area (Å²) in [5.74, 6) is 0.123. The lowest BCUT2D eigenvalue weighted by molar-refractivity contribution is -0.116. The Morgan fingerprint density at radius 2 is 1.81 bits per heavy atom. The Morgan fingerprint density at radius 3 is 2.57 bits per heavy atom. The van der Waals surface area contributed by atoms with Crippen molar-refractivity contribution in [2.45, 2.75) is 19.9 Å². The number of halogens is 2. The predicted molar refractivity (Wildman–Crippen MR) is 135 cm³/mol. The van der Waals surface area contributed by atoms with E-state index < -0.39 is 12.2 Å². The van der Waals surface area contributed by atoms with E-state index in [4.69, 9.17) is 4.74 Å². The van der Waals surface area contributed by atoms with Crippen LogP contribution in [-0.2, 0) is 16.1 Å². The van der Waals surface area contributed by atoms with E-state index in [1.807, 2.05) is 29.2 Å². The number of carbonyl (C=O) groups excluding carboxylic acids is 1. The Balaban J connectivity index is 1.53. The number of ether oxygens (including phenoxy) is 1. The molecule has 192 valence electrons. The van der Waals surface area contributed by atoms with Crippen LogP contribution in [0.5, 0.6) is 0 Å². The van der Waals surface area contributed by atoms with E-state index in [-0.39, 0.29) is 17.8 Å². The van der Waals surface area contributed by atoms with E-state index in [2.05, 4.69) is 25.3 Å². The maximum atomic E-state index is 14.0. The van der Waals surface area contributed by atoms with Crippen molar-refractivity contribution < 1.29 is 18.3 Å². The summed E-state index contributed by atoms with van der Waals surface area (Å²) in [5, 5.41) is 3.19. The number of aromatic nitrogens is 5. The van der Waals surface area contributed by atoms with Gasteiger partial charge in [0.05, 0.1) is 24.2 Å². The van der Waals surface area contributed by atoms with E-state index in [0.29, 0.717) is 49.8 Å². The second kappa shape index (κ2) is 10.4. The number of imidazole rings is 1. The summed E-state index contributed by atoms with van der Waals surface area (Å²) in [5.41, 5.74) is 2.54. The van der Waals surface area contributed by atoms with Gasteiger partial charge in [0.1, 0.15) is 0 Å². The third kappa shape index (κ3) is 5.19. The summed E-state index contributed by atoms with van der Waals surface area (Å²) in [6.07, 6.45) is -2.83. The standard InChI is InChI=1S/C25H26F2N8O2/c1-16(36)33(2)18-7-5-6-17(14-18)15-28-23-30-24(34-10-12-37-13-11-34)32-25(31-23)35-20-9-4-3-8-19(20)29-22(35)21(26)27/h3-9,14,21H,10-13,15H2,1-2H3,(H,28,30,31,32). The highest BCUT2D eigenvalue weighted by Crippen LogP contribution is 2.28. The lowest BCUT2D eigenvalue weighted by Crippen LogP contribution is -2.37. The molecule has 5 rings (SSSR count). The Morgan fingerprint density at radius 1 is 1.05 bits per heavy atom. The average Bonchev–Trinajstić information content (AvgIpc) is 3.32. The molecule has 37 heavy (non-hydrogen) atoms. The van der Waals surface area contributed by atoms with Gasteiger partial charge in [0.25, 0.3) is 6.43 Å². The second-order valence-corrected chi connectivity index (χ2v) is 8.55. The first kappa shape index (κ1) is 24.5. The maximum absolute atomic E-state index is 14.0. The number of rotatable bonds is 7. The highest BCUT2D eigenvalue weighted by molar-refractivity contribution is 5.90. The molecule has 4 aromatic rings. The first-order chi connectivity index (χ1) is 17.9. The number of nitrogens with one attached hydrogen (secondary N) is 1. The number of benzene rings is 2. The molecule has 0 atom stereocenters. The molecule has 2 aromatic heterocycles. The van der Waals surface area contributed by atoms with Crippen molar-refractivity contribution in [1.82, 2.24) is 24.5 Å². The first-order valence-electron chi connectivity index (χ1n) is 11.8. The van der Waals surface area contributed by atoms with Crippen molar-refractivity contribution in [1.29, 1.82) is 0 Å². The van der Waals surface area contributed by atoms with Crippen molar-refractivity contribution in [3.8, 4) is 5.95 Å². The van der Waals surface area contributed by atoms with Crippen LogP contribution < -0.4 is 15.1 Å². The molecular weight excluding hydrogens is 482 g/mol. The number of hydrogen-bond acceptors (Lipinski definition) is 8. The lowest BCUT2D eigenvalue weighted by Gasteiger charge is -2.27. The van der Waals surface area contributed by atoms with Gasteiger partial charge in [-0.1, -0.05) is 24.3 Å². The number of anilines is 3. The van der Waals surface area contributed by atoms with E-state index in [1.165, 1.54) is 11.5 Å². The Labute approximate surface area is 211 Å². The van der Waals surface area contributed by atoms with Gasteiger partial charge in [-0.25, -0.2) is 13.8 Å². The maximum Gasteiger partial charge on any atom is 0.296 e. The molecule has 1 aliphatic rings. The number of nitrogens with zero attached hydrogens (tertiary/aromatic N) is 7. The number of morpholine rings is 1. The molecule has 0 saturated carbocycles. The van der Waals surface area contributed by atoms with E-state index >= 15 is 0 Å². The normalized spacial score (nSPS) is 13.8. The minimum Gasteiger partial charge on any atom is -0.378 e. The molecule has 0 aliphatic carbocycles. The summed E-state index contributed by atoms with van der Waals surface area (Å²) in [6.45, 7) is 3.99. The van der Waals surface area contributed by atoms with Crippen molar-refractivity contribution in [2.24, 2.45) is 0 Å². The van der Waals surface area contributed by atoms with Crippen LogP contribution in [-0.4, -0.2) is 63.8 Å². The SMILES string of the molecule is CC(=O)N(C)c1cccc(CNc2nc(N3CCOCC3)nc(-n3c(C(F)F)nc4ccccc43)n2)c1. The topological polar surface area (TPSA) is 101 Å². The van der Waals surface area contributed by atoms with Gasteiger partial charge in [-0.15, -0.1) is 0 Å². The summed E-state index contributed by atoms with van der Waals surface area (Å²) in [7, 11) is 1.71. The summed E-state index contributed by atoms with van der Waals surface area (Å²) in [6, 6.07) is 14.4. The zero-order valence-electron chi connectivity index (χ0n) is 20.4. The Bertz CT molecular complexity index is 1420. The zero-order chi connectivity index (χ0) is 25.9. The zero-order valence-corrected chi connectivity index (χ0v) is 20.4. The number of alkyl halides is 2. The van der Waals surface area contributed by atoms with Crippen LogP contribution in [0.1, 0.15) is 24.7 Å². The molecule has 0 radical (unpaired) electrons. The molecule has 0 unspecified atom stereocenters. The quantitative estimate of drug-likeness (QED) is 0.404. The van der Waals surface area contributed by atoms with Gasteiger partial charge in [-0.3, -0.25) is 9.36 Å². The molecular formula is C25H26F2N8O2. The third-order valence-corrected chi connectivity index (χ3v) is 6.11. The molecule has 0 spiro atoms. The van der Waals surface area contributed by atoms with Gasteiger partial charge < -0.3 is 19.9 Å². The fourth-order valence-electron chi connectivity index (χ4n) is 4.08. The lowest BCUT2D eigenvalue weighted by atomic mass is 10.2. The number of carbonyl (C=O) groups is 1. The first-order valence-corrected chi connectivity index (χ1v) is 11.8. The molecule has 12 heteroatoms. The van der Waals surface area contributed by atoms with Crippen molar-refractivity contribution in [3.05, 3.63) is 59.9 Å². The fourth-order valence-corrected chi connectivity index (χ4v) is 4.08. The van der Waals surface area contributed by atoms with Crippen LogP contribution in [0.2, 0.25) is 0 Å². The van der Waals surface area contributed by atoms with Crippen LogP contribution in [0.4, 0.5) is 26.4 Å². The van der Waals surface area contributed by atoms with Crippen LogP contribution in [0.15, 0.2) is 48.5 Å². The minimum atomic E-state index is -2.83. The van der Waals surface area contributed by atoms with E-state index in [1.54, 1.807) is 36.2 Å². The molecule has 1 amide bonds. The molecule has 1 N–H and O–H groups in total. The number of fused-ring (bicyclic) bond motifs is 1. The molecule has 1 aliphatic heterocycles. The van der Waals surface area contributed by atoms with Crippen LogP contribution in [0, 0.1) is 0 Å². The average molecular weight is 509 g/mol. The molecule has 1 fully saturated rings. The molecule has 10 nitrogen and oxygen atoms in total. The Hall–Kier alpha value is -4.19. The van der Waals surface area contributed by atoms with Gasteiger partial charge in [-0.05, 0) is 29.8 Å². The highest BCUT2D eigenvalue weighted by Gasteiger charge is 2.24. The monoisotopic (exact) mass is 508 g/mol. The van der Waals surface area contributed by atoms with E-state index in [9.17, 15) is 13.6 Å². The molecule has 1 saturated heterocycles. The van der Waals surface area contributed by atoms with Gasteiger partial charge in [0.15, 0.2) is 5.82 Å². The number of para-hydroxylation sites is 2. The van der Waals surface area contributed by atoms with Gasteiger partial charge in [0.2, 0.25) is 23.8 Å². The summed E-state index contributed by atoms with van der Waals surface area (Å²) < 4.78 is 34.7. The van der Waals surface area contributed by atoms with Crippen LogP contribution in [0.25, 0.3) is 17.0 Å². The van der Waals surface area contributed by atoms with E-state index in [0.717, 1.165) is 11.3 Å². The van der Waals surface area contributed by atoms with Gasteiger partial charge in [0, 0.05) is 39.3 Å². The largest absolute Gasteiger partial charge is 0.378 e. The van der Waals surface area contributed by atoms with Crippen molar-refractivity contribution >= 4 is 34.5 Å². The highest BCUT2D eigenvalue weighted by atomic mass is 19.3. The summed E-state index contributed by atoms with van der Waals surface area (Å²) in [4.78, 5) is 33.0. The fraction of sp³-hybridized carbons (Fsp3) is 0.320. The second-order valence-electron chi connectivity index (χ2n) is 8.55. The van der Waals surface area contributed by atoms with Crippen LogP contribution >= 0.6 is 0 Å². The summed E-state index contributed by atoms with van der Waals surface area (Å²) >= 11 is 0. The predicted octanol–water partition coefficient (Wildman–Crippen LogP) is 3.58. The minimum absolute atomic E-state index is 0.0491. The number of hydrogen-bond donors (Lipinski definition) is 1. The van der Waals surface area contributed by atoms with Gasteiger partial charge >= 0.3 is 0 Å². The Kier molecular flexibility index (Phi) is 6.91. The molecule has 2 aromatic carbocycles. The smallest absolute Gasteiger partial charge is 0.296 e. The molecule has 3 heterocycles. The molecule has 0 bridgehead atoms. The third-order valence-electron chi connectivity index (χ3n) is 6.11. The van der Waals surface area contributed by atoms with Crippen molar-refractivity contribution in [3.63, 3.8) is 0 Å². The number of amides is 1.